The van der Waals surface area contributed by atoms with Gasteiger partial charge in [-0.3, -0.25) is 0 Å². The van der Waals surface area contributed by atoms with E-state index in [2.05, 4.69) is 17.9 Å². The van der Waals surface area contributed by atoms with Gasteiger partial charge in [-0.2, -0.15) is 0 Å². The van der Waals surface area contributed by atoms with Gasteiger partial charge in [0.1, 0.15) is 0 Å². The molecule has 0 aliphatic carbocycles. The lowest BCUT2D eigenvalue weighted by molar-refractivity contribution is 0.739. The summed E-state index contributed by atoms with van der Waals surface area (Å²) in [5.74, 6) is 0. The van der Waals surface area contributed by atoms with Crippen LogP contribution >= 0.6 is 23.2 Å². The molecule has 2 nitrogen and oxygen atoms in total. The Hall–Kier alpha value is -1.22. The van der Waals surface area contributed by atoms with E-state index in [9.17, 15) is 0 Å². The van der Waals surface area contributed by atoms with Crippen LogP contribution in [0.5, 0.6) is 0 Å². The first-order valence-electron chi connectivity index (χ1n) is 6.93. The molecule has 0 aliphatic rings. The number of hydrogen-bond acceptors (Lipinski definition) is 2. The van der Waals surface area contributed by atoms with Crippen LogP contribution < -0.4 is 10.6 Å². The topological polar surface area (TPSA) is 29.3 Å². The van der Waals surface area contributed by atoms with Crippen LogP contribution in [0, 0.1) is 0 Å². The van der Waals surface area contributed by atoms with E-state index in [0.29, 0.717) is 5.02 Å². The van der Waals surface area contributed by atoms with Gasteiger partial charge in [0.05, 0.1) is 16.8 Å². The largest absolute Gasteiger partial charge is 0.367 e. The predicted molar refractivity (Wildman–Crippen MR) is 92.3 cm³/mol. The third kappa shape index (κ3) is 3.70. The van der Waals surface area contributed by atoms with Crippen molar-refractivity contribution in [2.45, 2.75) is 25.9 Å². The Labute approximate surface area is 136 Å². The third-order valence-electron chi connectivity index (χ3n) is 3.79. The molecule has 0 spiro atoms. The summed E-state index contributed by atoms with van der Waals surface area (Å²) >= 11 is 12.5. The number of hydrogen-bond donors (Lipinski definition) is 1. The minimum atomic E-state index is -0.0211. The molecule has 2 aromatic carbocycles. The minimum Gasteiger partial charge on any atom is -0.367 e. The fourth-order valence-corrected chi connectivity index (χ4v) is 2.81. The quantitative estimate of drug-likeness (QED) is 0.837. The van der Waals surface area contributed by atoms with Crippen molar-refractivity contribution in [1.29, 1.82) is 0 Å². The molecule has 0 bridgehead atoms. The minimum absolute atomic E-state index is 0.0211. The molecular weight excluding hydrogens is 303 g/mol. The van der Waals surface area contributed by atoms with Crippen LogP contribution in [-0.4, -0.2) is 7.05 Å². The maximum atomic E-state index is 6.41. The van der Waals surface area contributed by atoms with Crippen molar-refractivity contribution in [3.05, 3.63) is 63.6 Å². The summed E-state index contributed by atoms with van der Waals surface area (Å²) in [5.41, 5.74) is 9.05. The first kappa shape index (κ1) is 16.2. The summed E-state index contributed by atoms with van der Waals surface area (Å²) in [5, 5.41) is 1.45. The first-order chi connectivity index (χ1) is 9.90. The molecule has 2 unspecified atom stereocenters. The smallest absolute Gasteiger partial charge is 0.0642 e. The fraction of sp³-hybridized carbons (Fsp3) is 0.294. The van der Waals surface area contributed by atoms with Crippen molar-refractivity contribution in [3.8, 4) is 0 Å². The summed E-state index contributed by atoms with van der Waals surface area (Å²) in [4.78, 5) is 2.14. The fourth-order valence-electron chi connectivity index (χ4n) is 2.29. The van der Waals surface area contributed by atoms with E-state index in [1.165, 1.54) is 0 Å². The number of halogens is 2. The number of nitrogens with zero attached hydrogens (tertiary/aromatic N) is 1. The lowest BCUT2D eigenvalue weighted by Gasteiger charge is -2.28. The second-order valence-electron chi connectivity index (χ2n) is 5.34. The van der Waals surface area contributed by atoms with Crippen LogP contribution in [-0.2, 0) is 0 Å². The number of nitrogens with two attached hydrogens (primary N) is 1. The Balaban J connectivity index is 2.29. The van der Waals surface area contributed by atoms with Gasteiger partial charge < -0.3 is 10.6 Å². The van der Waals surface area contributed by atoms with Gasteiger partial charge in [0, 0.05) is 18.1 Å². The molecule has 0 aliphatic heterocycles. The molecule has 2 N–H and O–H groups in total. The van der Waals surface area contributed by atoms with E-state index in [4.69, 9.17) is 28.9 Å². The maximum Gasteiger partial charge on any atom is 0.0642 e. The Morgan fingerprint density at radius 1 is 1.00 bits per heavy atom. The molecule has 0 radical (unpaired) electrons. The van der Waals surface area contributed by atoms with Gasteiger partial charge in [-0.25, -0.2) is 0 Å². The molecule has 0 amide bonds. The van der Waals surface area contributed by atoms with E-state index < -0.39 is 0 Å². The van der Waals surface area contributed by atoms with Crippen LogP contribution in [0.15, 0.2) is 42.5 Å². The molecule has 0 heterocycles. The van der Waals surface area contributed by atoms with Crippen LogP contribution in [0.25, 0.3) is 0 Å². The van der Waals surface area contributed by atoms with E-state index in [1.807, 2.05) is 50.4 Å². The van der Waals surface area contributed by atoms with Gasteiger partial charge in [0.15, 0.2) is 0 Å². The monoisotopic (exact) mass is 322 g/mol. The summed E-state index contributed by atoms with van der Waals surface area (Å²) in [6, 6.07) is 14.0. The molecule has 0 fully saturated rings. The number of anilines is 1. The highest BCUT2D eigenvalue weighted by Crippen LogP contribution is 2.33. The zero-order chi connectivity index (χ0) is 15.6. The SMILES string of the molecule is CC(N)c1ccc(N(C)C(C)c2cccc(Cl)c2)c(Cl)c1. The zero-order valence-corrected chi connectivity index (χ0v) is 14.0. The average molecular weight is 323 g/mol. The van der Waals surface area contributed by atoms with Gasteiger partial charge in [-0.05, 0) is 49.2 Å². The van der Waals surface area contributed by atoms with E-state index >= 15 is 0 Å². The molecular formula is C17H20Cl2N2. The lowest BCUT2D eigenvalue weighted by atomic mass is 10.1. The van der Waals surface area contributed by atoms with E-state index in [0.717, 1.165) is 21.8 Å². The average Bonchev–Trinajstić information content (AvgIpc) is 2.45. The Morgan fingerprint density at radius 2 is 1.71 bits per heavy atom. The van der Waals surface area contributed by atoms with E-state index in [1.54, 1.807) is 0 Å². The first-order valence-corrected chi connectivity index (χ1v) is 7.69. The van der Waals surface area contributed by atoms with Crippen molar-refractivity contribution < 1.29 is 0 Å². The van der Waals surface area contributed by atoms with Gasteiger partial charge >= 0.3 is 0 Å². The molecule has 2 rings (SSSR count). The predicted octanol–water partition coefficient (Wildman–Crippen LogP) is 5.21. The van der Waals surface area contributed by atoms with Crippen molar-refractivity contribution in [2.75, 3.05) is 11.9 Å². The second kappa shape index (κ2) is 6.69. The number of benzene rings is 2. The Bertz CT molecular complexity index is 626. The van der Waals surface area contributed by atoms with Gasteiger partial charge in [-0.15, -0.1) is 0 Å². The van der Waals surface area contributed by atoms with Gasteiger partial charge in [0.25, 0.3) is 0 Å². The zero-order valence-electron chi connectivity index (χ0n) is 12.5. The van der Waals surface area contributed by atoms with Crippen LogP contribution in [0.4, 0.5) is 5.69 Å². The summed E-state index contributed by atoms with van der Waals surface area (Å²) in [6.07, 6.45) is 0. The highest BCUT2D eigenvalue weighted by molar-refractivity contribution is 6.33. The lowest BCUT2D eigenvalue weighted by Crippen LogP contribution is -2.22. The van der Waals surface area contributed by atoms with Crippen LogP contribution in [0.3, 0.4) is 0 Å². The molecule has 2 atom stereocenters. The van der Waals surface area contributed by atoms with Crippen molar-refractivity contribution >= 4 is 28.9 Å². The summed E-state index contributed by atoms with van der Waals surface area (Å²) in [6.45, 7) is 4.07. The summed E-state index contributed by atoms with van der Waals surface area (Å²) in [7, 11) is 2.03. The highest BCUT2D eigenvalue weighted by atomic mass is 35.5. The van der Waals surface area contributed by atoms with E-state index in [-0.39, 0.29) is 12.1 Å². The van der Waals surface area contributed by atoms with Crippen molar-refractivity contribution in [2.24, 2.45) is 5.73 Å². The molecule has 2 aromatic rings. The maximum absolute atomic E-state index is 6.41. The molecule has 112 valence electrons. The molecule has 0 aromatic heterocycles. The highest BCUT2D eigenvalue weighted by Gasteiger charge is 2.16. The van der Waals surface area contributed by atoms with Crippen LogP contribution in [0.1, 0.15) is 37.1 Å². The Kier molecular flexibility index (Phi) is 5.15. The van der Waals surface area contributed by atoms with Gasteiger partial charge in [0.2, 0.25) is 0 Å². The standard InChI is InChI=1S/C17H20Cl2N2/c1-11(20)13-7-8-17(16(19)10-13)21(3)12(2)14-5-4-6-15(18)9-14/h4-12H,20H2,1-3H3. The van der Waals surface area contributed by atoms with Crippen molar-refractivity contribution in [1.82, 2.24) is 0 Å². The second-order valence-corrected chi connectivity index (χ2v) is 6.19. The number of rotatable bonds is 4. The van der Waals surface area contributed by atoms with Crippen LogP contribution in [0.2, 0.25) is 10.0 Å². The summed E-state index contributed by atoms with van der Waals surface area (Å²) < 4.78 is 0. The molecule has 4 heteroatoms. The molecule has 21 heavy (non-hydrogen) atoms. The normalized spacial score (nSPS) is 13.8. The van der Waals surface area contributed by atoms with Gasteiger partial charge in [-0.1, -0.05) is 41.4 Å². The third-order valence-corrected chi connectivity index (χ3v) is 4.33. The molecule has 0 saturated heterocycles. The van der Waals surface area contributed by atoms with Crippen molar-refractivity contribution in [3.63, 3.8) is 0 Å². The molecule has 0 saturated carbocycles. The Morgan fingerprint density at radius 3 is 2.29 bits per heavy atom.